The summed E-state index contributed by atoms with van der Waals surface area (Å²) in [5.74, 6) is 0.000234. The molecule has 0 aliphatic heterocycles. The van der Waals surface area contributed by atoms with Gasteiger partial charge in [0.2, 0.25) is 5.91 Å². The highest BCUT2D eigenvalue weighted by Crippen LogP contribution is 2.22. The normalized spacial score (nSPS) is 15.2. The number of rotatable bonds is 5. The first kappa shape index (κ1) is 19.2. The third-order valence-electron chi connectivity index (χ3n) is 3.85. The van der Waals surface area contributed by atoms with Gasteiger partial charge in [0.05, 0.1) is 11.5 Å². The smallest absolute Gasteiger partial charge is 0.227 e. The predicted octanol–water partition coefficient (Wildman–Crippen LogP) is 3.35. The Labute approximate surface area is 132 Å². The van der Waals surface area contributed by atoms with Crippen LogP contribution in [0.3, 0.4) is 0 Å². The van der Waals surface area contributed by atoms with Crippen molar-refractivity contribution in [1.29, 1.82) is 0 Å². The molecule has 0 spiro atoms. The van der Waals surface area contributed by atoms with E-state index >= 15 is 0 Å². The summed E-state index contributed by atoms with van der Waals surface area (Å²) in [6.07, 6.45) is 0. The Morgan fingerprint density at radius 2 is 2.00 bits per heavy atom. The summed E-state index contributed by atoms with van der Waals surface area (Å²) in [5.41, 5.74) is 6.31. The summed E-state index contributed by atoms with van der Waals surface area (Å²) in [5, 5.41) is 3.69. The van der Waals surface area contributed by atoms with Gasteiger partial charge in [-0.2, -0.15) is 0 Å². The third-order valence-corrected chi connectivity index (χ3v) is 4.08. The van der Waals surface area contributed by atoms with Gasteiger partial charge < -0.3 is 11.1 Å². The lowest BCUT2D eigenvalue weighted by molar-refractivity contribution is -0.124. The number of carbonyl (C=O) groups excluding carboxylic acids is 1. The second-order valence-corrected chi connectivity index (χ2v) is 5.98. The molecule has 1 rings (SSSR count). The predicted molar refractivity (Wildman–Crippen MR) is 87.6 cm³/mol. The molecule has 0 bridgehead atoms. The molecule has 0 aliphatic carbocycles. The Bertz CT molecular complexity index is 451. The number of hydrogen-bond donors (Lipinski definition) is 2. The van der Waals surface area contributed by atoms with Gasteiger partial charge in [0.25, 0.3) is 0 Å². The van der Waals surface area contributed by atoms with Gasteiger partial charge in [-0.05, 0) is 37.5 Å². The van der Waals surface area contributed by atoms with Gasteiger partial charge >= 0.3 is 0 Å². The summed E-state index contributed by atoms with van der Waals surface area (Å²) >= 11 is 5.95. The minimum Gasteiger partial charge on any atom is -0.349 e. The molecule has 1 amide bonds. The number of nitrogens with one attached hydrogen (secondary N) is 1. The molecule has 3 N–H and O–H groups in total. The highest BCUT2D eigenvalue weighted by atomic mass is 35.5. The summed E-state index contributed by atoms with van der Waals surface area (Å²) < 4.78 is 0. The molecule has 114 valence electrons. The molecule has 0 fully saturated rings. The van der Waals surface area contributed by atoms with Crippen molar-refractivity contribution in [2.75, 3.05) is 6.54 Å². The van der Waals surface area contributed by atoms with Crippen LogP contribution in [0.25, 0.3) is 0 Å². The average Bonchev–Trinajstić information content (AvgIpc) is 2.37. The molecule has 1 aromatic rings. The average molecular weight is 319 g/mol. The lowest BCUT2D eigenvalue weighted by Gasteiger charge is -2.34. The maximum Gasteiger partial charge on any atom is 0.227 e. The van der Waals surface area contributed by atoms with Crippen LogP contribution in [0, 0.1) is 5.92 Å². The van der Waals surface area contributed by atoms with E-state index in [2.05, 4.69) is 19.2 Å². The second kappa shape index (κ2) is 7.87. The fourth-order valence-electron chi connectivity index (χ4n) is 1.75. The topological polar surface area (TPSA) is 55.1 Å². The van der Waals surface area contributed by atoms with Crippen molar-refractivity contribution in [1.82, 2.24) is 5.32 Å². The minimum absolute atomic E-state index is 0. The maximum absolute atomic E-state index is 12.3. The van der Waals surface area contributed by atoms with Gasteiger partial charge in [-0.3, -0.25) is 4.79 Å². The largest absolute Gasteiger partial charge is 0.349 e. The molecule has 0 saturated carbocycles. The van der Waals surface area contributed by atoms with Crippen LogP contribution in [-0.4, -0.2) is 18.0 Å². The minimum atomic E-state index is -0.385. The van der Waals surface area contributed by atoms with Gasteiger partial charge in [-0.1, -0.05) is 37.6 Å². The number of amides is 1. The fraction of sp³-hybridized carbons (Fsp3) is 0.533. The number of nitrogens with two attached hydrogens (primary N) is 1. The van der Waals surface area contributed by atoms with E-state index in [1.54, 1.807) is 6.07 Å². The third kappa shape index (κ3) is 4.65. The fourth-order valence-corrected chi connectivity index (χ4v) is 1.95. The SMILES string of the molecule is CC(C(=O)NC(C)(CN)C(C)C)c1cccc(Cl)c1.Cl. The van der Waals surface area contributed by atoms with Crippen LogP contribution in [0.15, 0.2) is 24.3 Å². The van der Waals surface area contributed by atoms with Crippen LogP contribution in [-0.2, 0) is 4.79 Å². The molecule has 0 aromatic heterocycles. The van der Waals surface area contributed by atoms with E-state index in [0.717, 1.165) is 5.56 Å². The Balaban J connectivity index is 0.00000361. The van der Waals surface area contributed by atoms with Crippen LogP contribution in [0.1, 0.15) is 39.2 Å². The van der Waals surface area contributed by atoms with E-state index in [1.165, 1.54) is 0 Å². The molecule has 1 aromatic carbocycles. The van der Waals surface area contributed by atoms with Crippen LogP contribution in [0.2, 0.25) is 5.02 Å². The lowest BCUT2D eigenvalue weighted by Crippen LogP contribution is -2.55. The van der Waals surface area contributed by atoms with E-state index in [-0.39, 0.29) is 35.7 Å². The summed E-state index contributed by atoms with van der Waals surface area (Å²) in [4.78, 5) is 12.3. The van der Waals surface area contributed by atoms with E-state index in [1.807, 2.05) is 32.0 Å². The van der Waals surface area contributed by atoms with Gasteiger partial charge in [0.1, 0.15) is 0 Å². The lowest BCUT2D eigenvalue weighted by atomic mass is 9.87. The van der Waals surface area contributed by atoms with E-state index in [4.69, 9.17) is 17.3 Å². The Morgan fingerprint density at radius 3 is 2.45 bits per heavy atom. The Morgan fingerprint density at radius 1 is 1.40 bits per heavy atom. The van der Waals surface area contributed by atoms with Crippen molar-refractivity contribution < 1.29 is 4.79 Å². The molecule has 0 saturated heterocycles. The van der Waals surface area contributed by atoms with Crippen molar-refractivity contribution in [3.63, 3.8) is 0 Å². The maximum atomic E-state index is 12.3. The molecule has 0 heterocycles. The molecular weight excluding hydrogens is 295 g/mol. The zero-order chi connectivity index (χ0) is 14.6. The first-order valence-corrected chi connectivity index (χ1v) is 6.95. The summed E-state index contributed by atoms with van der Waals surface area (Å²) in [6.45, 7) is 8.37. The molecule has 0 radical (unpaired) electrons. The number of benzene rings is 1. The molecule has 2 atom stereocenters. The number of hydrogen-bond acceptors (Lipinski definition) is 2. The van der Waals surface area contributed by atoms with Crippen molar-refractivity contribution in [3.8, 4) is 0 Å². The molecular formula is C15H24Cl2N2O. The van der Waals surface area contributed by atoms with Crippen LogP contribution in [0.4, 0.5) is 0 Å². The molecule has 2 unspecified atom stereocenters. The quantitative estimate of drug-likeness (QED) is 0.874. The standard InChI is InChI=1S/C15H23ClN2O.ClH/c1-10(2)15(4,9-17)18-14(19)11(3)12-6-5-7-13(16)8-12;/h5-8,10-11H,9,17H2,1-4H3,(H,18,19);1H. The van der Waals surface area contributed by atoms with Gasteiger partial charge in [0.15, 0.2) is 0 Å². The monoisotopic (exact) mass is 318 g/mol. The van der Waals surface area contributed by atoms with Crippen molar-refractivity contribution in [2.45, 2.75) is 39.2 Å². The molecule has 0 aliphatic rings. The van der Waals surface area contributed by atoms with Crippen molar-refractivity contribution in [2.24, 2.45) is 11.7 Å². The first-order valence-electron chi connectivity index (χ1n) is 6.57. The Kier molecular flexibility index (Phi) is 7.56. The van der Waals surface area contributed by atoms with Gasteiger partial charge in [-0.25, -0.2) is 0 Å². The van der Waals surface area contributed by atoms with Crippen LogP contribution < -0.4 is 11.1 Å². The summed E-state index contributed by atoms with van der Waals surface area (Å²) in [7, 11) is 0. The van der Waals surface area contributed by atoms with Crippen molar-refractivity contribution >= 4 is 29.9 Å². The van der Waals surface area contributed by atoms with Crippen LogP contribution in [0.5, 0.6) is 0 Å². The zero-order valence-corrected chi connectivity index (χ0v) is 14.0. The second-order valence-electron chi connectivity index (χ2n) is 5.54. The number of halogens is 2. The van der Waals surface area contributed by atoms with Crippen molar-refractivity contribution in [3.05, 3.63) is 34.9 Å². The van der Waals surface area contributed by atoms with Crippen LogP contribution >= 0.6 is 24.0 Å². The highest BCUT2D eigenvalue weighted by molar-refractivity contribution is 6.30. The Hall–Kier alpha value is -0.770. The summed E-state index contributed by atoms with van der Waals surface area (Å²) in [6, 6.07) is 7.38. The van der Waals surface area contributed by atoms with E-state index in [0.29, 0.717) is 11.6 Å². The van der Waals surface area contributed by atoms with E-state index < -0.39 is 0 Å². The molecule has 3 nitrogen and oxygen atoms in total. The van der Waals surface area contributed by atoms with Gasteiger partial charge in [0, 0.05) is 11.6 Å². The highest BCUT2D eigenvalue weighted by Gasteiger charge is 2.30. The zero-order valence-electron chi connectivity index (χ0n) is 12.4. The molecule has 5 heteroatoms. The van der Waals surface area contributed by atoms with Gasteiger partial charge in [-0.15, -0.1) is 12.4 Å². The van der Waals surface area contributed by atoms with E-state index in [9.17, 15) is 4.79 Å². The number of carbonyl (C=O) groups is 1. The first-order chi connectivity index (χ1) is 8.80. The molecule has 20 heavy (non-hydrogen) atoms.